The van der Waals surface area contributed by atoms with E-state index in [1.54, 1.807) is 7.05 Å². The quantitative estimate of drug-likeness (QED) is 0.827. The van der Waals surface area contributed by atoms with Crippen LogP contribution in [0.2, 0.25) is 0 Å². The molecule has 0 aliphatic heterocycles. The van der Waals surface area contributed by atoms with E-state index >= 15 is 0 Å². The number of hydrogen-bond acceptors (Lipinski definition) is 4. The summed E-state index contributed by atoms with van der Waals surface area (Å²) >= 11 is 0. The van der Waals surface area contributed by atoms with Crippen molar-refractivity contribution in [2.75, 3.05) is 17.7 Å². The molecular weight excluding hydrogens is 245 g/mol. The topological polar surface area (TPSA) is 49.8 Å². The molecule has 94 valence electrons. The first-order valence-corrected chi connectivity index (χ1v) is 5.01. The molecule has 0 atom stereocenters. The third kappa shape index (κ3) is 2.50. The zero-order valence-corrected chi connectivity index (χ0v) is 9.34. The Morgan fingerprint density at radius 3 is 2.28 bits per heavy atom. The molecule has 1 heterocycles. The van der Waals surface area contributed by atoms with Crippen LogP contribution in [-0.4, -0.2) is 17.0 Å². The molecule has 0 spiro atoms. The van der Waals surface area contributed by atoms with Crippen molar-refractivity contribution >= 4 is 17.3 Å². The second-order valence-electron chi connectivity index (χ2n) is 3.41. The van der Waals surface area contributed by atoms with Crippen LogP contribution in [0.5, 0.6) is 0 Å². The summed E-state index contributed by atoms with van der Waals surface area (Å²) in [4.78, 5) is 7.69. The van der Waals surface area contributed by atoms with Gasteiger partial charge in [-0.25, -0.2) is 23.1 Å². The third-order valence-electron chi connectivity index (χ3n) is 2.20. The summed E-state index contributed by atoms with van der Waals surface area (Å²) in [6.45, 7) is 0. The molecule has 7 heteroatoms. The summed E-state index contributed by atoms with van der Waals surface area (Å²) < 4.78 is 39.1. The van der Waals surface area contributed by atoms with Crippen molar-refractivity contribution in [3.05, 3.63) is 42.0 Å². The second kappa shape index (κ2) is 4.91. The van der Waals surface area contributed by atoms with E-state index in [1.165, 1.54) is 12.4 Å². The molecule has 0 aliphatic carbocycles. The Labute approximate surface area is 101 Å². The first-order valence-electron chi connectivity index (χ1n) is 5.01. The Balaban J connectivity index is 2.30. The van der Waals surface area contributed by atoms with Crippen molar-refractivity contribution in [3.63, 3.8) is 0 Å². The van der Waals surface area contributed by atoms with E-state index in [1.807, 2.05) is 0 Å². The van der Waals surface area contributed by atoms with Gasteiger partial charge < -0.3 is 10.6 Å². The number of nitrogens with zero attached hydrogens (tertiary/aromatic N) is 2. The van der Waals surface area contributed by atoms with Crippen molar-refractivity contribution in [1.82, 2.24) is 9.97 Å². The molecule has 0 fully saturated rings. The molecule has 0 saturated heterocycles. The van der Waals surface area contributed by atoms with Crippen molar-refractivity contribution in [2.45, 2.75) is 0 Å². The Hall–Kier alpha value is -2.31. The Kier molecular flexibility index (Phi) is 3.31. The van der Waals surface area contributed by atoms with Gasteiger partial charge in [0, 0.05) is 25.2 Å². The second-order valence-corrected chi connectivity index (χ2v) is 3.41. The fourth-order valence-corrected chi connectivity index (χ4v) is 1.32. The predicted octanol–water partition coefficient (Wildman–Crippen LogP) is 2.68. The van der Waals surface area contributed by atoms with Gasteiger partial charge in [0.15, 0.2) is 11.6 Å². The molecule has 2 aromatic rings. The molecule has 1 aromatic heterocycles. The van der Waals surface area contributed by atoms with Crippen LogP contribution in [0.3, 0.4) is 0 Å². The van der Waals surface area contributed by atoms with Gasteiger partial charge in [-0.3, -0.25) is 0 Å². The molecule has 0 radical (unpaired) electrons. The molecule has 0 bridgehead atoms. The lowest BCUT2D eigenvalue weighted by molar-refractivity contribution is 0.496. The zero-order valence-electron chi connectivity index (χ0n) is 9.34. The van der Waals surface area contributed by atoms with Crippen molar-refractivity contribution in [3.8, 4) is 0 Å². The normalized spacial score (nSPS) is 10.2. The van der Waals surface area contributed by atoms with Crippen molar-refractivity contribution in [1.29, 1.82) is 0 Å². The average molecular weight is 254 g/mol. The Morgan fingerprint density at radius 2 is 1.56 bits per heavy atom. The van der Waals surface area contributed by atoms with E-state index in [4.69, 9.17) is 0 Å². The number of nitrogens with one attached hydrogen (secondary N) is 2. The monoisotopic (exact) mass is 254 g/mol. The van der Waals surface area contributed by atoms with E-state index in [9.17, 15) is 13.2 Å². The molecule has 4 nitrogen and oxygen atoms in total. The summed E-state index contributed by atoms with van der Waals surface area (Å²) in [5.41, 5.74) is -0.199. The van der Waals surface area contributed by atoms with E-state index in [2.05, 4.69) is 20.6 Å². The van der Waals surface area contributed by atoms with Gasteiger partial charge in [-0.15, -0.1) is 0 Å². The van der Waals surface area contributed by atoms with Crippen LogP contribution < -0.4 is 10.6 Å². The first-order chi connectivity index (χ1) is 8.60. The standard InChI is InChI=1S/C11H9F3N4/c1-15-10-4-11(17-5-16-10)18-9-3-7(13)6(12)2-8(9)14/h2-5H,1H3,(H2,15,16,17,18). The number of anilines is 3. The van der Waals surface area contributed by atoms with Crippen LogP contribution in [0.15, 0.2) is 24.5 Å². The van der Waals surface area contributed by atoms with Gasteiger partial charge in [-0.1, -0.05) is 0 Å². The lowest BCUT2D eigenvalue weighted by Gasteiger charge is -2.08. The van der Waals surface area contributed by atoms with Gasteiger partial charge in [0.2, 0.25) is 0 Å². The highest BCUT2D eigenvalue weighted by molar-refractivity contribution is 5.59. The van der Waals surface area contributed by atoms with Crippen LogP contribution in [0, 0.1) is 17.5 Å². The molecule has 2 rings (SSSR count). The van der Waals surface area contributed by atoms with Crippen LogP contribution >= 0.6 is 0 Å². The van der Waals surface area contributed by atoms with Crippen LogP contribution in [0.4, 0.5) is 30.5 Å². The highest BCUT2D eigenvalue weighted by atomic mass is 19.2. The lowest BCUT2D eigenvalue weighted by atomic mass is 10.3. The SMILES string of the molecule is CNc1cc(Nc2cc(F)c(F)cc2F)ncn1. The van der Waals surface area contributed by atoms with Gasteiger partial charge in [-0.2, -0.15) is 0 Å². The molecule has 0 saturated carbocycles. The van der Waals surface area contributed by atoms with Crippen LogP contribution in [-0.2, 0) is 0 Å². The fraction of sp³-hybridized carbons (Fsp3) is 0.0909. The van der Waals surface area contributed by atoms with E-state index in [0.717, 1.165) is 6.07 Å². The lowest BCUT2D eigenvalue weighted by Crippen LogP contribution is -2.01. The van der Waals surface area contributed by atoms with Crippen molar-refractivity contribution in [2.24, 2.45) is 0 Å². The molecule has 1 aromatic carbocycles. The zero-order chi connectivity index (χ0) is 13.1. The summed E-state index contributed by atoms with van der Waals surface area (Å²) in [5.74, 6) is -2.51. The van der Waals surface area contributed by atoms with E-state index in [0.29, 0.717) is 11.9 Å². The summed E-state index contributed by atoms with van der Waals surface area (Å²) in [7, 11) is 1.66. The van der Waals surface area contributed by atoms with Gasteiger partial charge in [0.25, 0.3) is 0 Å². The highest BCUT2D eigenvalue weighted by Crippen LogP contribution is 2.22. The maximum Gasteiger partial charge on any atom is 0.161 e. The fourth-order valence-electron chi connectivity index (χ4n) is 1.32. The van der Waals surface area contributed by atoms with Crippen LogP contribution in [0.25, 0.3) is 0 Å². The Bertz CT molecular complexity index is 574. The summed E-state index contributed by atoms with van der Waals surface area (Å²) in [5, 5.41) is 5.31. The predicted molar refractivity (Wildman–Crippen MR) is 61.2 cm³/mol. The minimum absolute atomic E-state index is 0.199. The number of aromatic nitrogens is 2. The molecule has 0 unspecified atom stereocenters. The summed E-state index contributed by atoms with van der Waals surface area (Å²) in [6, 6.07) is 2.70. The van der Waals surface area contributed by atoms with Crippen LogP contribution in [0.1, 0.15) is 0 Å². The van der Waals surface area contributed by atoms with Gasteiger partial charge >= 0.3 is 0 Å². The number of halogens is 3. The average Bonchev–Trinajstić information content (AvgIpc) is 2.36. The Morgan fingerprint density at radius 1 is 0.889 bits per heavy atom. The van der Waals surface area contributed by atoms with Gasteiger partial charge in [0.05, 0.1) is 5.69 Å². The number of benzene rings is 1. The minimum atomic E-state index is -1.24. The molecular formula is C11H9F3N4. The minimum Gasteiger partial charge on any atom is -0.373 e. The first kappa shape index (κ1) is 12.2. The molecule has 0 aliphatic rings. The van der Waals surface area contributed by atoms with Gasteiger partial charge in [0.1, 0.15) is 23.8 Å². The van der Waals surface area contributed by atoms with E-state index < -0.39 is 17.5 Å². The van der Waals surface area contributed by atoms with Crippen molar-refractivity contribution < 1.29 is 13.2 Å². The maximum atomic E-state index is 13.4. The molecule has 0 amide bonds. The number of rotatable bonds is 3. The summed E-state index contributed by atoms with van der Waals surface area (Å²) in [6.07, 6.45) is 1.26. The smallest absolute Gasteiger partial charge is 0.161 e. The van der Waals surface area contributed by atoms with Gasteiger partial charge in [-0.05, 0) is 0 Å². The number of hydrogen-bond donors (Lipinski definition) is 2. The third-order valence-corrected chi connectivity index (χ3v) is 2.20. The van der Waals surface area contributed by atoms with E-state index in [-0.39, 0.29) is 11.5 Å². The molecule has 18 heavy (non-hydrogen) atoms. The largest absolute Gasteiger partial charge is 0.373 e. The highest BCUT2D eigenvalue weighted by Gasteiger charge is 2.10. The maximum absolute atomic E-state index is 13.4. The molecule has 2 N–H and O–H groups in total.